The van der Waals surface area contributed by atoms with E-state index in [1.54, 1.807) is 11.3 Å². The molecule has 0 radical (unpaired) electrons. The molecule has 1 amide bonds. The molecule has 0 saturated heterocycles. The van der Waals surface area contributed by atoms with E-state index in [9.17, 15) is 4.79 Å². The third-order valence-electron chi connectivity index (χ3n) is 4.05. The molecule has 1 N–H and O–H groups in total. The summed E-state index contributed by atoms with van der Waals surface area (Å²) >= 11 is 1.74. The number of hydrogen-bond acceptors (Lipinski definition) is 2. The highest BCUT2D eigenvalue weighted by Crippen LogP contribution is 2.22. The average Bonchev–Trinajstić information content (AvgIpc) is 3.00. The molecule has 0 spiro atoms. The molecule has 0 fully saturated rings. The van der Waals surface area contributed by atoms with Gasteiger partial charge in [0.2, 0.25) is 5.91 Å². The Kier molecular flexibility index (Phi) is 4.71. The Bertz CT molecular complexity index is 604. The van der Waals surface area contributed by atoms with E-state index >= 15 is 0 Å². The maximum absolute atomic E-state index is 12.0. The number of hydrogen-bond donors (Lipinski definition) is 1. The molecule has 0 unspecified atom stereocenters. The van der Waals surface area contributed by atoms with Gasteiger partial charge in [-0.1, -0.05) is 24.3 Å². The van der Waals surface area contributed by atoms with E-state index in [0.29, 0.717) is 6.42 Å². The van der Waals surface area contributed by atoms with Crippen molar-refractivity contribution in [3.05, 3.63) is 57.3 Å². The summed E-state index contributed by atoms with van der Waals surface area (Å²) in [5, 5.41) is 5.09. The van der Waals surface area contributed by atoms with E-state index in [-0.39, 0.29) is 5.91 Å². The third-order valence-corrected chi connectivity index (χ3v) is 4.99. The van der Waals surface area contributed by atoms with Gasteiger partial charge in [0.05, 0.1) is 6.42 Å². The first kappa shape index (κ1) is 14.3. The van der Waals surface area contributed by atoms with E-state index < -0.39 is 0 Å². The minimum atomic E-state index is 0.127. The Labute approximate surface area is 130 Å². The van der Waals surface area contributed by atoms with Crippen LogP contribution < -0.4 is 5.32 Å². The van der Waals surface area contributed by atoms with Crippen LogP contribution in [0.1, 0.15) is 34.4 Å². The summed E-state index contributed by atoms with van der Waals surface area (Å²) in [6, 6.07) is 10.7. The summed E-state index contributed by atoms with van der Waals surface area (Å²) in [5.41, 5.74) is 4.07. The number of carbonyl (C=O) groups excluding carboxylic acids is 1. The lowest BCUT2D eigenvalue weighted by molar-refractivity contribution is -0.120. The van der Waals surface area contributed by atoms with Crippen molar-refractivity contribution in [2.24, 2.45) is 0 Å². The van der Waals surface area contributed by atoms with Gasteiger partial charge in [-0.05, 0) is 60.2 Å². The van der Waals surface area contributed by atoms with E-state index in [0.717, 1.165) is 18.5 Å². The number of benzene rings is 1. The summed E-state index contributed by atoms with van der Waals surface area (Å²) in [7, 11) is 0. The molecule has 2 nitrogen and oxygen atoms in total. The molecule has 1 aliphatic carbocycles. The number of aryl methyl sites for hydroxylation is 2. The fourth-order valence-electron chi connectivity index (χ4n) is 2.92. The van der Waals surface area contributed by atoms with Crippen LogP contribution in [0.25, 0.3) is 0 Å². The number of carbonyl (C=O) groups is 1. The summed E-state index contributed by atoms with van der Waals surface area (Å²) < 4.78 is 0. The van der Waals surface area contributed by atoms with Gasteiger partial charge in [0.25, 0.3) is 0 Å². The van der Waals surface area contributed by atoms with Crippen molar-refractivity contribution in [2.75, 3.05) is 6.54 Å². The SMILES string of the molecule is O=C(Cc1ccc2c(c1)CCCC2)NCCc1cccs1. The number of thiophene rings is 1. The van der Waals surface area contributed by atoms with Crippen LogP contribution in [0, 0.1) is 0 Å². The molecule has 3 heteroatoms. The monoisotopic (exact) mass is 299 g/mol. The van der Waals surface area contributed by atoms with Gasteiger partial charge in [-0.15, -0.1) is 11.3 Å². The maximum atomic E-state index is 12.0. The zero-order valence-electron chi connectivity index (χ0n) is 12.2. The van der Waals surface area contributed by atoms with Crippen molar-refractivity contribution in [3.63, 3.8) is 0 Å². The van der Waals surface area contributed by atoms with Gasteiger partial charge in [-0.3, -0.25) is 4.79 Å². The first-order chi connectivity index (χ1) is 10.3. The standard InChI is InChI=1S/C18H21NOS/c20-18(19-10-9-17-6-3-11-21-17)13-14-7-8-15-4-1-2-5-16(15)12-14/h3,6-8,11-12H,1-2,4-5,9-10,13H2,(H,19,20). The van der Waals surface area contributed by atoms with Crippen LogP contribution in [-0.4, -0.2) is 12.5 Å². The fraction of sp³-hybridized carbons (Fsp3) is 0.389. The minimum absolute atomic E-state index is 0.127. The molecule has 3 rings (SSSR count). The van der Waals surface area contributed by atoms with E-state index in [1.807, 2.05) is 0 Å². The van der Waals surface area contributed by atoms with Crippen molar-refractivity contribution >= 4 is 17.2 Å². The van der Waals surface area contributed by atoms with Gasteiger partial charge >= 0.3 is 0 Å². The van der Waals surface area contributed by atoms with Crippen LogP contribution in [0.4, 0.5) is 0 Å². The van der Waals surface area contributed by atoms with E-state index in [2.05, 4.69) is 41.0 Å². The third kappa shape index (κ3) is 3.94. The number of fused-ring (bicyclic) bond motifs is 1. The van der Waals surface area contributed by atoms with Gasteiger partial charge in [-0.25, -0.2) is 0 Å². The lowest BCUT2D eigenvalue weighted by Gasteiger charge is -2.16. The van der Waals surface area contributed by atoms with Crippen LogP contribution in [-0.2, 0) is 30.5 Å². The summed E-state index contributed by atoms with van der Waals surface area (Å²) in [6.45, 7) is 0.726. The van der Waals surface area contributed by atoms with E-state index in [1.165, 1.54) is 41.7 Å². The molecule has 1 aromatic heterocycles. The normalized spacial score (nSPS) is 13.7. The largest absolute Gasteiger partial charge is 0.355 e. The highest BCUT2D eigenvalue weighted by Gasteiger charge is 2.11. The van der Waals surface area contributed by atoms with Gasteiger partial charge in [0.1, 0.15) is 0 Å². The average molecular weight is 299 g/mol. The topological polar surface area (TPSA) is 29.1 Å². The van der Waals surface area contributed by atoms with Crippen LogP contribution in [0.3, 0.4) is 0 Å². The van der Waals surface area contributed by atoms with Crippen LogP contribution >= 0.6 is 11.3 Å². The molecule has 0 bridgehead atoms. The Hall–Kier alpha value is -1.61. The number of nitrogens with one attached hydrogen (secondary N) is 1. The second-order valence-electron chi connectivity index (χ2n) is 5.67. The highest BCUT2D eigenvalue weighted by molar-refractivity contribution is 7.09. The van der Waals surface area contributed by atoms with Crippen molar-refractivity contribution in [1.29, 1.82) is 0 Å². The second kappa shape index (κ2) is 6.90. The molecular formula is C18H21NOS. The summed E-state index contributed by atoms with van der Waals surface area (Å²) in [5.74, 6) is 0.127. The molecule has 21 heavy (non-hydrogen) atoms. The number of rotatable bonds is 5. The molecule has 0 aliphatic heterocycles. The Balaban J connectivity index is 1.50. The molecular weight excluding hydrogens is 278 g/mol. The van der Waals surface area contributed by atoms with Crippen molar-refractivity contribution < 1.29 is 4.79 Å². The van der Waals surface area contributed by atoms with Crippen molar-refractivity contribution in [2.45, 2.75) is 38.5 Å². The smallest absolute Gasteiger partial charge is 0.224 e. The molecule has 0 saturated carbocycles. The lowest BCUT2D eigenvalue weighted by Crippen LogP contribution is -2.27. The first-order valence-electron chi connectivity index (χ1n) is 7.71. The van der Waals surface area contributed by atoms with Crippen LogP contribution in [0.2, 0.25) is 0 Å². The van der Waals surface area contributed by atoms with Gasteiger partial charge in [0.15, 0.2) is 0 Å². The number of amides is 1. The van der Waals surface area contributed by atoms with Gasteiger partial charge in [-0.2, -0.15) is 0 Å². The zero-order valence-corrected chi connectivity index (χ0v) is 13.0. The minimum Gasteiger partial charge on any atom is -0.355 e. The Morgan fingerprint density at radius 3 is 2.81 bits per heavy atom. The Morgan fingerprint density at radius 1 is 1.14 bits per heavy atom. The summed E-state index contributed by atoms with van der Waals surface area (Å²) in [6.07, 6.45) is 6.37. The Morgan fingerprint density at radius 2 is 2.00 bits per heavy atom. The molecule has 1 aromatic carbocycles. The van der Waals surface area contributed by atoms with Crippen molar-refractivity contribution in [1.82, 2.24) is 5.32 Å². The van der Waals surface area contributed by atoms with Crippen molar-refractivity contribution in [3.8, 4) is 0 Å². The molecule has 110 valence electrons. The molecule has 2 aromatic rings. The molecule has 0 atom stereocenters. The quantitative estimate of drug-likeness (QED) is 0.899. The molecule has 1 heterocycles. The zero-order chi connectivity index (χ0) is 14.5. The lowest BCUT2D eigenvalue weighted by atomic mass is 9.90. The summed E-state index contributed by atoms with van der Waals surface area (Å²) in [4.78, 5) is 13.3. The maximum Gasteiger partial charge on any atom is 0.224 e. The first-order valence-corrected chi connectivity index (χ1v) is 8.59. The predicted octanol–water partition coefficient (Wildman–Crippen LogP) is 3.53. The van der Waals surface area contributed by atoms with Gasteiger partial charge in [0, 0.05) is 11.4 Å². The highest BCUT2D eigenvalue weighted by atomic mass is 32.1. The van der Waals surface area contributed by atoms with E-state index in [4.69, 9.17) is 0 Å². The molecule has 1 aliphatic rings. The van der Waals surface area contributed by atoms with Crippen LogP contribution in [0.15, 0.2) is 35.7 Å². The van der Waals surface area contributed by atoms with Crippen LogP contribution in [0.5, 0.6) is 0 Å². The predicted molar refractivity (Wildman–Crippen MR) is 87.8 cm³/mol. The second-order valence-corrected chi connectivity index (χ2v) is 6.70. The van der Waals surface area contributed by atoms with Gasteiger partial charge < -0.3 is 5.32 Å². The fourth-order valence-corrected chi connectivity index (χ4v) is 3.63.